The Hall–Kier alpha value is -1.53. The minimum absolute atomic E-state index is 0.0935. The molecule has 1 aliphatic rings. The van der Waals surface area contributed by atoms with E-state index in [9.17, 15) is 4.79 Å². The second-order valence-electron chi connectivity index (χ2n) is 7.42. The molecule has 2 aromatic rings. The number of hydrogen-bond donors (Lipinski definition) is 1. The molecule has 152 valence electrons. The van der Waals surface area contributed by atoms with Crippen LogP contribution in [-0.2, 0) is 11.3 Å². The summed E-state index contributed by atoms with van der Waals surface area (Å²) in [5.74, 6) is 0.911. The summed E-state index contributed by atoms with van der Waals surface area (Å²) >= 11 is 7.49. The highest BCUT2D eigenvalue weighted by atomic mass is 35.5. The molecule has 1 aliphatic carbocycles. The van der Waals surface area contributed by atoms with Crippen molar-refractivity contribution >= 4 is 29.3 Å². The summed E-state index contributed by atoms with van der Waals surface area (Å²) in [6.07, 6.45) is 8.14. The molecule has 28 heavy (non-hydrogen) atoms. The number of carbonyl (C=O) groups is 1. The quantitative estimate of drug-likeness (QED) is 0.485. The molecule has 0 radical (unpaired) electrons. The van der Waals surface area contributed by atoms with Crippen LogP contribution in [0.2, 0.25) is 5.02 Å². The molecule has 5 nitrogen and oxygen atoms in total. The molecule has 0 unspecified atom stereocenters. The third kappa shape index (κ3) is 5.51. The number of halogens is 1. The van der Waals surface area contributed by atoms with E-state index in [2.05, 4.69) is 27.0 Å². The average molecular weight is 421 g/mol. The minimum atomic E-state index is -0.207. The van der Waals surface area contributed by atoms with Gasteiger partial charge in [-0.15, -0.1) is 10.2 Å². The number of nitrogens with one attached hydrogen (secondary N) is 1. The van der Waals surface area contributed by atoms with E-state index >= 15 is 0 Å². The first-order valence-electron chi connectivity index (χ1n) is 10.2. The first-order chi connectivity index (χ1) is 13.6. The van der Waals surface area contributed by atoms with Gasteiger partial charge >= 0.3 is 0 Å². The first kappa shape index (κ1) is 21.2. The van der Waals surface area contributed by atoms with Crippen LogP contribution in [0, 0.1) is 0 Å². The van der Waals surface area contributed by atoms with E-state index in [4.69, 9.17) is 11.6 Å². The SMILES string of the molecule is CCCn1c(S[C@@H](C)C(=O)NC2CCCCCC2)nnc1-c1ccc(Cl)cc1. The highest BCUT2D eigenvalue weighted by molar-refractivity contribution is 8.00. The van der Waals surface area contributed by atoms with E-state index in [1.54, 1.807) is 0 Å². The van der Waals surface area contributed by atoms with E-state index in [0.29, 0.717) is 11.1 Å². The highest BCUT2D eigenvalue weighted by Crippen LogP contribution is 2.28. The Kier molecular flexibility index (Phi) is 7.80. The number of nitrogens with zero attached hydrogens (tertiary/aromatic N) is 3. The van der Waals surface area contributed by atoms with Crippen molar-refractivity contribution in [3.63, 3.8) is 0 Å². The molecule has 0 saturated heterocycles. The van der Waals surface area contributed by atoms with Gasteiger partial charge in [-0.1, -0.05) is 56.0 Å². The maximum Gasteiger partial charge on any atom is 0.233 e. The molecule has 1 amide bonds. The van der Waals surface area contributed by atoms with E-state index < -0.39 is 0 Å². The Morgan fingerprint density at radius 1 is 1.21 bits per heavy atom. The van der Waals surface area contributed by atoms with Crippen molar-refractivity contribution in [3.8, 4) is 11.4 Å². The summed E-state index contributed by atoms with van der Waals surface area (Å²) in [7, 11) is 0. The van der Waals surface area contributed by atoms with Gasteiger partial charge in [0.2, 0.25) is 5.91 Å². The fourth-order valence-corrected chi connectivity index (χ4v) is 4.58. The van der Waals surface area contributed by atoms with Gasteiger partial charge in [-0.3, -0.25) is 4.79 Å². The van der Waals surface area contributed by atoms with Crippen molar-refractivity contribution in [1.29, 1.82) is 0 Å². The maximum atomic E-state index is 12.7. The van der Waals surface area contributed by atoms with Crippen LogP contribution < -0.4 is 5.32 Å². The molecule has 0 aliphatic heterocycles. The lowest BCUT2D eigenvalue weighted by molar-refractivity contribution is -0.121. The van der Waals surface area contributed by atoms with E-state index in [1.165, 1.54) is 37.4 Å². The summed E-state index contributed by atoms with van der Waals surface area (Å²) in [5, 5.41) is 13.3. The first-order valence-corrected chi connectivity index (χ1v) is 11.5. The second kappa shape index (κ2) is 10.3. The van der Waals surface area contributed by atoms with Gasteiger partial charge in [0.05, 0.1) is 5.25 Å². The number of aromatic nitrogens is 3. The predicted octanol–water partition coefficient (Wildman–Crippen LogP) is 5.33. The zero-order valence-electron chi connectivity index (χ0n) is 16.7. The summed E-state index contributed by atoms with van der Waals surface area (Å²) in [4.78, 5) is 12.7. The molecule has 1 aromatic heterocycles. The number of benzene rings is 1. The predicted molar refractivity (Wildman–Crippen MR) is 116 cm³/mol. The molecular formula is C21H29ClN4OS. The molecule has 0 bridgehead atoms. The zero-order chi connectivity index (χ0) is 19.9. The summed E-state index contributed by atoms with van der Waals surface area (Å²) < 4.78 is 2.10. The minimum Gasteiger partial charge on any atom is -0.352 e. The number of carbonyl (C=O) groups excluding carboxylic acids is 1. The monoisotopic (exact) mass is 420 g/mol. The Morgan fingerprint density at radius 3 is 2.54 bits per heavy atom. The topological polar surface area (TPSA) is 59.8 Å². The van der Waals surface area contributed by atoms with Crippen molar-refractivity contribution < 1.29 is 4.79 Å². The molecule has 1 saturated carbocycles. The molecule has 1 atom stereocenters. The van der Waals surface area contributed by atoms with E-state index in [1.807, 2.05) is 31.2 Å². The van der Waals surface area contributed by atoms with Gasteiger partial charge in [0.15, 0.2) is 11.0 Å². The van der Waals surface area contributed by atoms with Crippen LogP contribution in [0.25, 0.3) is 11.4 Å². The van der Waals surface area contributed by atoms with Crippen LogP contribution in [0.3, 0.4) is 0 Å². The zero-order valence-corrected chi connectivity index (χ0v) is 18.2. The van der Waals surface area contributed by atoms with Gasteiger partial charge in [-0.2, -0.15) is 0 Å². The number of rotatable bonds is 7. The third-order valence-corrected chi connectivity index (χ3v) is 6.45. The molecule has 3 rings (SSSR count). The number of amides is 1. The summed E-state index contributed by atoms with van der Waals surface area (Å²) in [6.45, 7) is 4.89. The van der Waals surface area contributed by atoms with E-state index in [0.717, 1.165) is 42.4 Å². The second-order valence-corrected chi connectivity index (χ2v) is 9.17. The van der Waals surface area contributed by atoms with Gasteiger partial charge in [-0.05, 0) is 50.5 Å². The van der Waals surface area contributed by atoms with Crippen LogP contribution in [0.1, 0.15) is 58.8 Å². The lowest BCUT2D eigenvalue weighted by Crippen LogP contribution is -2.39. The van der Waals surface area contributed by atoms with Crippen molar-refractivity contribution in [2.75, 3.05) is 0 Å². The molecule has 0 spiro atoms. The highest BCUT2D eigenvalue weighted by Gasteiger charge is 2.23. The lowest BCUT2D eigenvalue weighted by Gasteiger charge is -2.19. The van der Waals surface area contributed by atoms with Crippen molar-refractivity contribution in [2.45, 2.75) is 81.8 Å². The Balaban J connectivity index is 1.70. The number of thioether (sulfide) groups is 1. The van der Waals surface area contributed by atoms with Gasteiger partial charge in [-0.25, -0.2) is 0 Å². The van der Waals surface area contributed by atoms with Crippen LogP contribution in [0.4, 0.5) is 0 Å². The molecule has 1 heterocycles. The smallest absolute Gasteiger partial charge is 0.233 e. The normalized spacial score (nSPS) is 16.5. The maximum absolute atomic E-state index is 12.7. The fourth-order valence-electron chi connectivity index (χ4n) is 3.57. The van der Waals surface area contributed by atoms with Crippen molar-refractivity contribution in [3.05, 3.63) is 29.3 Å². The fraction of sp³-hybridized carbons (Fsp3) is 0.571. The van der Waals surface area contributed by atoms with Crippen molar-refractivity contribution in [1.82, 2.24) is 20.1 Å². The van der Waals surface area contributed by atoms with Crippen LogP contribution in [-0.4, -0.2) is 32.0 Å². The van der Waals surface area contributed by atoms with E-state index in [-0.39, 0.29) is 11.2 Å². The van der Waals surface area contributed by atoms with Crippen LogP contribution >= 0.6 is 23.4 Å². The Labute approximate surface area is 176 Å². The Morgan fingerprint density at radius 2 is 1.89 bits per heavy atom. The molecule has 1 fully saturated rings. The molecular weight excluding hydrogens is 392 g/mol. The van der Waals surface area contributed by atoms with Crippen LogP contribution in [0.5, 0.6) is 0 Å². The molecule has 1 aromatic carbocycles. The number of hydrogen-bond acceptors (Lipinski definition) is 4. The lowest BCUT2D eigenvalue weighted by atomic mass is 10.1. The standard InChI is InChI=1S/C21H29ClN4OS/c1-3-14-26-19(16-10-12-17(22)13-11-16)24-25-21(26)28-15(2)20(27)23-18-8-6-4-5-7-9-18/h10-13,15,18H,3-9,14H2,1-2H3,(H,23,27)/t15-/m0/s1. The van der Waals surface area contributed by atoms with Gasteiger partial charge in [0, 0.05) is 23.2 Å². The van der Waals surface area contributed by atoms with Gasteiger partial charge in [0.1, 0.15) is 0 Å². The van der Waals surface area contributed by atoms with Crippen molar-refractivity contribution in [2.24, 2.45) is 0 Å². The van der Waals surface area contributed by atoms with Gasteiger partial charge in [0.25, 0.3) is 0 Å². The van der Waals surface area contributed by atoms with Crippen LogP contribution in [0.15, 0.2) is 29.4 Å². The third-order valence-electron chi connectivity index (χ3n) is 5.12. The molecule has 1 N–H and O–H groups in total. The average Bonchev–Trinajstić information content (AvgIpc) is 2.90. The largest absolute Gasteiger partial charge is 0.352 e. The summed E-state index contributed by atoms with van der Waals surface area (Å²) in [6, 6.07) is 7.94. The molecule has 7 heteroatoms. The summed E-state index contributed by atoms with van der Waals surface area (Å²) in [5.41, 5.74) is 0.979. The van der Waals surface area contributed by atoms with Gasteiger partial charge < -0.3 is 9.88 Å². The Bertz CT molecular complexity index is 769.